The molecular weight excluding hydrogens is 498 g/mol. The molecule has 184 valence electrons. The van der Waals surface area contributed by atoms with E-state index in [9.17, 15) is 14.4 Å². The number of aryl methyl sites for hydroxylation is 1. The fraction of sp³-hybridized carbons (Fsp3) is 0.308. The first-order valence-electron chi connectivity index (χ1n) is 11.4. The summed E-state index contributed by atoms with van der Waals surface area (Å²) in [5.41, 5.74) is 3.45. The van der Waals surface area contributed by atoms with Crippen molar-refractivity contribution in [2.75, 3.05) is 24.3 Å². The lowest BCUT2D eigenvalue weighted by molar-refractivity contribution is 0.0960. The Hall–Kier alpha value is -2.46. The molecule has 0 radical (unpaired) electrons. The van der Waals surface area contributed by atoms with Crippen LogP contribution in [0.25, 0.3) is 11.3 Å². The minimum atomic E-state index is -0.445. The predicted molar refractivity (Wildman–Crippen MR) is 149 cm³/mol. The monoisotopic (exact) mass is 528 g/mol. The molecule has 0 saturated heterocycles. The number of anilines is 1. The van der Waals surface area contributed by atoms with E-state index in [2.05, 4.69) is 21.2 Å². The third kappa shape index (κ3) is 8.03. The fourth-order valence-electron chi connectivity index (χ4n) is 3.55. The molecular formula is C26H30N2O4P2S. The third-order valence-corrected chi connectivity index (χ3v) is 7.65. The van der Waals surface area contributed by atoms with Crippen molar-refractivity contribution in [2.24, 2.45) is 0 Å². The minimum absolute atomic E-state index is 0.0201. The molecule has 3 unspecified atom stereocenters. The quantitative estimate of drug-likeness (QED) is 0.220. The van der Waals surface area contributed by atoms with Crippen LogP contribution in [0.5, 0.6) is 0 Å². The first kappa shape index (κ1) is 27.1. The summed E-state index contributed by atoms with van der Waals surface area (Å²) in [6.45, 7) is 3.57. The van der Waals surface area contributed by atoms with Gasteiger partial charge in [0.1, 0.15) is 6.10 Å². The molecule has 1 amide bonds. The molecule has 9 heteroatoms. The minimum Gasteiger partial charge on any atom is -0.445 e. The molecule has 3 rings (SSSR count). The van der Waals surface area contributed by atoms with E-state index < -0.39 is 6.09 Å². The lowest BCUT2D eigenvalue weighted by atomic mass is 9.98. The third-order valence-electron chi connectivity index (χ3n) is 5.35. The first-order chi connectivity index (χ1) is 16.9. The van der Waals surface area contributed by atoms with E-state index in [1.54, 1.807) is 35.6 Å². The van der Waals surface area contributed by atoms with E-state index in [4.69, 9.17) is 9.72 Å². The van der Waals surface area contributed by atoms with Gasteiger partial charge in [0.25, 0.3) is 0 Å². The van der Waals surface area contributed by atoms with Crippen molar-refractivity contribution < 1.29 is 19.1 Å². The molecule has 0 saturated carbocycles. The van der Waals surface area contributed by atoms with Gasteiger partial charge in [-0.25, -0.2) is 9.78 Å². The zero-order valence-corrected chi connectivity index (χ0v) is 22.8. The second-order valence-corrected chi connectivity index (χ2v) is 10.6. The van der Waals surface area contributed by atoms with Crippen molar-refractivity contribution in [1.29, 1.82) is 0 Å². The first-order valence-corrected chi connectivity index (χ1v) is 14.8. The number of nitrogens with one attached hydrogen (secondary N) is 1. The maximum atomic E-state index is 12.6. The highest BCUT2D eigenvalue weighted by Crippen LogP contribution is 2.25. The van der Waals surface area contributed by atoms with E-state index in [-0.39, 0.29) is 17.7 Å². The number of thiazole rings is 1. The molecule has 0 aliphatic rings. The number of ether oxygens (including phenoxy) is 1. The van der Waals surface area contributed by atoms with Gasteiger partial charge in [-0.3, -0.25) is 14.9 Å². The molecule has 3 atom stereocenters. The van der Waals surface area contributed by atoms with Crippen molar-refractivity contribution in [1.82, 2.24) is 4.98 Å². The zero-order chi connectivity index (χ0) is 25.2. The van der Waals surface area contributed by atoms with Crippen LogP contribution in [0.4, 0.5) is 10.5 Å². The number of nitrogens with zero attached hydrogens (tertiary/aromatic N) is 1. The van der Waals surface area contributed by atoms with Gasteiger partial charge in [-0.15, -0.1) is 29.2 Å². The molecule has 3 aromatic rings. The number of benzene rings is 2. The average Bonchev–Trinajstić information content (AvgIpc) is 3.33. The van der Waals surface area contributed by atoms with Crippen molar-refractivity contribution in [3.63, 3.8) is 0 Å². The Morgan fingerprint density at radius 3 is 2.49 bits per heavy atom. The van der Waals surface area contributed by atoms with Gasteiger partial charge in [-0.1, -0.05) is 36.4 Å². The molecule has 1 heterocycles. The topological polar surface area (TPSA) is 85.4 Å². The lowest BCUT2D eigenvalue weighted by Crippen LogP contribution is -2.25. The summed E-state index contributed by atoms with van der Waals surface area (Å²) in [6.07, 6.45) is 2.78. The van der Waals surface area contributed by atoms with Gasteiger partial charge in [-0.05, 0) is 44.7 Å². The van der Waals surface area contributed by atoms with Gasteiger partial charge in [0.15, 0.2) is 11.6 Å². The Morgan fingerprint density at radius 1 is 1.11 bits per heavy atom. The molecule has 1 aromatic heterocycles. The number of hydrogen-bond acceptors (Lipinski definition) is 6. The van der Waals surface area contributed by atoms with Gasteiger partial charge in [0, 0.05) is 40.3 Å². The summed E-state index contributed by atoms with van der Waals surface area (Å²) in [4.78, 5) is 41.2. The zero-order valence-electron chi connectivity index (χ0n) is 19.9. The van der Waals surface area contributed by atoms with Crippen LogP contribution in [-0.4, -0.2) is 47.7 Å². The summed E-state index contributed by atoms with van der Waals surface area (Å²) < 4.78 is 5.45. The molecule has 35 heavy (non-hydrogen) atoms. The second-order valence-electron chi connectivity index (χ2n) is 8.03. The number of hydrogen-bond donors (Lipinski definition) is 1. The Labute approximate surface area is 214 Å². The summed E-state index contributed by atoms with van der Waals surface area (Å²) in [5.74, 6) is -0.119. The Bertz CT molecular complexity index is 1160. The van der Waals surface area contributed by atoms with Gasteiger partial charge in [0.2, 0.25) is 0 Å². The van der Waals surface area contributed by atoms with Crippen molar-refractivity contribution in [2.45, 2.75) is 32.3 Å². The van der Waals surface area contributed by atoms with Crippen LogP contribution in [0.3, 0.4) is 0 Å². The molecule has 1 N–H and O–H groups in total. The number of rotatable bonds is 12. The molecule has 0 spiro atoms. The number of carbonyl (C=O) groups excluding carboxylic acids is 3. The van der Waals surface area contributed by atoms with Crippen molar-refractivity contribution in [3.05, 3.63) is 70.0 Å². The molecule has 0 aliphatic heterocycles. The molecule has 0 fully saturated rings. The summed E-state index contributed by atoms with van der Waals surface area (Å²) in [5, 5.41) is 5.72. The van der Waals surface area contributed by atoms with Crippen LogP contribution in [0.1, 0.15) is 45.5 Å². The molecule has 2 aromatic carbocycles. The van der Waals surface area contributed by atoms with Crippen LogP contribution in [0.2, 0.25) is 0 Å². The van der Waals surface area contributed by atoms with E-state index >= 15 is 0 Å². The van der Waals surface area contributed by atoms with Crippen LogP contribution >= 0.6 is 29.2 Å². The fourth-order valence-corrected chi connectivity index (χ4v) is 5.70. The Kier molecular flexibility index (Phi) is 10.5. The standard InChI is InChI=1S/C26H30N2O4P2S/c1-17(29)21-6-3-4-7-22(21)24(30)8-5-9-25-28-23(16-35-25)18-10-12-19(13-11-18)27-26(31)32-20(14-33)15-34-2/h3-4,6-7,10-13,16,20,34H,5,8-9,14-15,33H2,1-2H3,(H,27,31). The predicted octanol–water partition coefficient (Wildman–Crippen LogP) is 6.32. The highest BCUT2D eigenvalue weighted by molar-refractivity contribution is 7.37. The smallest absolute Gasteiger partial charge is 0.411 e. The average molecular weight is 529 g/mol. The van der Waals surface area contributed by atoms with E-state index in [1.165, 1.54) is 6.92 Å². The number of Topliss-reactive ketones (excluding diaryl/α,β-unsaturated/α-hetero) is 2. The van der Waals surface area contributed by atoms with E-state index in [0.717, 1.165) is 37.2 Å². The van der Waals surface area contributed by atoms with Crippen LogP contribution in [-0.2, 0) is 11.2 Å². The van der Waals surface area contributed by atoms with Crippen LogP contribution in [0, 0.1) is 0 Å². The lowest BCUT2D eigenvalue weighted by Gasteiger charge is -2.15. The Balaban J connectivity index is 1.52. The molecule has 0 aliphatic carbocycles. The number of carbonyl (C=O) groups is 3. The van der Waals surface area contributed by atoms with E-state index in [1.807, 2.05) is 29.6 Å². The second kappa shape index (κ2) is 13.6. The van der Waals surface area contributed by atoms with Gasteiger partial charge in [-0.2, -0.15) is 0 Å². The molecule has 0 bridgehead atoms. The maximum absolute atomic E-state index is 12.6. The highest BCUT2D eigenvalue weighted by Gasteiger charge is 2.15. The summed E-state index contributed by atoms with van der Waals surface area (Å²) in [7, 11) is 3.35. The maximum Gasteiger partial charge on any atom is 0.411 e. The number of ketones is 2. The van der Waals surface area contributed by atoms with Gasteiger partial charge < -0.3 is 4.74 Å². The molecule has 6 nitrogen and oxygen atoms in total. The van der Waals surface area contributed by atoms with Crippen LogP contribution < -0.4 is 5.32 Å². The number of amides is 1. The Morgan fingerprint density at radius 2 is 1.83 bits per heavy atom. The van der Waals surface area contributed by atoms with Gasteiger partial charge in [0.05, 0.1) is 10.7 Å². The number of aromatic nitrogens is 1. The van der Waals surface area contributed by atoms with Crippen LogP contribution in [0.15, 0.2) is 53.9 Å². The largest absolute Gasteiger partial charge is 0.445 e. The normalized spacial score (nSPS) is 12.0. The van der Waals surface area contributed by atoms with E-state index in [0.29, 0.717) is 36.1 Å². The summed E-state index contributed by atoms with van der Waals surface area (Å²) in [6, 6.07) is 14.5. The summed E-state index contributed by atoms with van der Waals surface area (Å²) >= 11 is 1.56. The van der Waals surface area contributed by atoms with Crippen molar-refractivity contribution >= 4 is 52.5 Å². The van der Waals surface area contributed by atoms with Crippen molar-refractivity contribution in [3.8, 4) is 11.3 Å². The SMILES string of the molecule is CPCC(CP)OC(=O)Nc1ccc(-c2csc(CCCC(=O)c3ccccc3C(C)=O)n2)cc1. The highest BCUT2D eigenvalue weighted by atomic mass is 32.1. The van der Waals surface area contributed by atoms with Gasteiger partial charge >= 0.3 is 6.09 Å².